The molecule has 1 fully saturated rings. The number of benzene rings is 1. The van der Waals surface area contributed by atoms with Crippen molar-refractivity contribution in [2.45, 2.75) is 146 Å². The number of halogens is 1. The maximum atomic E-state index is 12.8. The molecular formula is C32H54ClNO9. The van der Waals surface area contributed by atoms with Gasteiger partial charge in [0.25, 0.3) is 0 Å². The minimum absolute atomic E-state index is 0.00469. The molecule has 1 saturated heterocycles. The van der Waals surface area contributed by atoms with E-state index in [1.807, 2.05) is 0 Å². The summed E-state index contributed by atoms with van der Waals surface area (Å²) in [6, 6.07) is 5.67. The summed E-state index contributed by atoms with van der Waals surface area (Å²) in [6.07, 6.45) is 4.53. The maximum absolute atomic E-state index is 12.8. The summed E-state index contributed by atoms with van der Waals surface area (Å²) in [5.74, 6) is -0.429. The fraction of sp³-hybridized carbons (Fsp3) is 0.781. The number of ether oxygens (including phenoxy) is 2. The largest absolute Gasteiger partial charge is 0.394 e. The molecule has 8 atom stereocenters. The highest BCUT2D eigenvalue weighted by Gasteiger charge is 2.44. The minimum atomic E-state index is -1.63. The van der Waals surface area contributed by atoms with E-state index >= 15 is 0 Å². The predicted octanol–water partition coefficient (Wildman–Crippen LogP) is 3.00. The Bertz CT molecular complexity index is 875. The van der Waals surface area contributed by atoms with Gasteiger partial charge in [-0.25, -0.2) is 0 Å². The highest BCUT2D eigenvalue weighted by Crippen LogP contribution is 2.23. The Morgan fingerprint density at radius 1 is 0.884 bits per heavy atom. The smallest absolute Gasteiger partial charge is 0.224 e. The van der Waals surface area contributed by atoms with Gasteiger partial charge in [0.05, 0.1) is 31.8 Å². The summed E-state index contributed by atoms with van der Waals surface area (Å²) >= 11 is 5.93. The lowest BCUT2D eigenvalue weighted by molar-refractivity contribution is -0.303. The Labute approximate surface area is 261 Å². The van der Waals surface area contributed by atoms with Gasteiger partial charge in [0.1, 0.15) is 30.5 Å². The molecule has 8 unspecified atom stereocenters. The number of carbonyl (C=O) groups excluding carboxylic acids is 1. The standard InChI is InChI=1S/C32H54ClNO9/c1-2-3-4-5-6-7-8-9-10-11-12-13-14-25(36)28(38)24(34-27(37)19-22-15-17-23(33)18-16-22)21-42-32-31(41)30(40)29(39)26(20-35)43-32/h15-18,24-26,28-32,35-36,38-41H,2-14,19-21H2,1H3,(H,34,37). The number of amides is 1. The predicted molar refractivity (Wildman–Crippen MR) is 165 cm³/mol. The molecule has 0 aliphatic carbocycles. The number of nitrogens with one attached hydrogen (secondary N) is 1. The molecule has 0 saturated carbocycles. The molecule has 10 nitrogen and oxygen atoms in total. The van der Waals surface area contributed by atoms with Crippen LogP contribution in [-0.2, 0) is 20.7 Å². The molecule has 1 aromatic carbocycles. The van der Waals surface area contributed by atoms with Crippen LogP contribution in [0.4, 0.5) is 0 Å². The van der Waals surface area contributed by atoms with Gasteiger partial charge in [0.15, 0.2) is 6.29 Å². The summed E-state index contributed by atoms with van der Waals surface area (Å²) in [5.41, 5.74) is 0.696. The molecule has 11 heteroatoms. The number of aliphatic hydroxyl groups is 6. The van der Waals surface area contributed by atoms with Crippen LogP contribution in [0.25, 0.3) is 0 Å². The first-order valence-corrected chi connectivity index (χ1v) is 16.4. The normalized spacial score (nSPS) is 24.4. The van der Waals surface area contributed by atoms with Crippen LogP contribution in [0, 0.1) is 0 Å². The van der Waals surface area contributed by atoms with E-state index in [4.69, 9.17) is 21.1 Å². The Morgan fingerprint density at radius 2 is 1.44 bits per heavy atom. The Morgan fingerprint density at radius 3 is 2.00 bits per heavy atom. The third kappa shape index (κ3) is 14.1. The second-order valence-corrected chi connectivity index (χ2v) is 12.2. The number of hydrogen-bond donors (Lipinski definition) is 7. The van der Waals surface area contributed by atoms with Crippen LogP contribution in [0.5, 0.6) is 0 Å². The van der Waals surface area contributed by atoms with Crippen LogP contribution >= 0.6 is 11.6 Å². The topological polar surface area (TPSA) is 169 Å². The molecule has 1 heterocycles. The van der Waals surface area contributed by atoms with Crippen LogP contribution in [0.1, 0.15) is 96.0 Å². The Balaban J connectivity index is 1.85. The van der Waals surface area contributed by atoms with Crippen LogP contribution in [0.15, 0.2) is 24.3 Å². The molecule has 43 heavy (non-hydrogen) atoms. The number of aliphatic hydroxyl groups excluding tert-OH is 6. The van der Waals surface area contributed by atoms with Crippen LogP contribution in [-0.4, -0.2) is 98.7 Å². The van der Waals surface area contributed by atoms with Gasteiger partial charge < -0.3 is 45.4 Å². The molecule has 7 N–H and O–H groups in total. The van der Waals surface area contributed by atoms with E-state index in [2.05, 4.69) is 12.2 Å². The van der Waals surface area contributed by atoms with Crippen molar-refractivity contribution in [2.24, 2.45) is 0 Å². The molecule has 248 valence electrons. The monoisotopic (exact) mass is 631 g/mol. The summed E-state index contributed by atoms with van der Waals surface area (Å²) in [7, 11) is 0. The zero-order valence-electron chi connectivity index (χ0n) is 25.5. The van der Waals surface area contributed by atoms with Gasteiger partial charge in [-0.2, -0.15) is 0 Å². The van der Waals surface area contributed by atoms with E-state index in [0.29, 0.717) is 23.4 Å². The third-order valence-corrected chi connectivity index (χ3v) is 8.32. The van der Waals surface area contributed by atoms with Gasteiger partial charge in [0, 0.05) is 5.02 Å². The van der Waals surface area contributed by atoms with Crippen LogP contribution < -0.4 is 5.32 Å². The van der Waals surface area contributed by atoms with E-state index in [1.54, 1.807) is 24.3 Å². The van der Waals surface area contributed by atoms with E-state index in [9.17, 15) is 35.4 Å². The quantitative estimate of drug-likeness (QED) is 0.0951. The summed E-state index contributed by atoms with van der Waals surface area (Å²) in [6.45, 7) is 1.24. The zero-order valence-corrected chi connectivity index (χ0v) is 26.3. The molecular weight excluding hydrogens is 578 g/mol. The molecule has 2 rings (SSSR count). The lowest BCUT2D eigenvalue weighted by Crippen LogP contribution is -2.60. The van der Waals surface area contributed by atoms with E-state index in [-0.39, 0.29) is 13.0 Å². The average Bonchev–Trinajstić information content (AvgIpc) is 3.00. The second-order valence-electron chi connectivity index (χ2n) is 11.7. The average molecular weight is 632 g/mol. The van der Waals surface area contributed by atoms with Crippen LogP contribution in [0.3, 0.4) is 0 Å². The summed E-state index contributed by atoms with van der Waals surface area (Å²) in [4.78, 5) is 12.8. The van der Waals surface area contributed by atoms with E-state index in [1.165, 1.54) is 51.4 Å². The van der Waals surface area contributed by atoms with Crippen molar-refractivity contribution in [2.75, 3.05) is 13.2 Å². The highest BCUT2D eigenvalue weighted by molar-refractivity contribution is 6.30. The fourth-order valence-electron chi connectivity index (χ4n) is 5.31. The molecule has 1 aliphatic rings. The van der Waals surface area contributed by atoms with Gasteiger partial charge in [-0.05, 0) is 24.1 Å². The molecule has 0 bridgehead atoms. The Kier molecular flexibility index (Phi) is 18.8. The summed E-state index contributed by atoms with van der Waals surface area (Å²) < 4.78 is 11.0. The molecule has 0 radical (unpaired) electrons. The van der Waals surface area contributed by atoms with Gasteiger partial charge in [-0.1, -0.05) is 108 Å². The van der Waals surface area contributed by atoms with E-state index < -0.39 is 61.5 Å². The first-order chi connectivity index (χ1) is 20.7. The SMILES string of the molecule is CCCCCCCCCCCCCCC(O)C(O)C(COC1OC(CO)C(O)C(O)C1O)NC(=O)Cc1ccc(Cl)cc1. The Hall–Kier alpha value is -1.34. The molecule has 1 aromatic rings. The van der Waals surface area contributed by atoms with Gasteiger partial charge in [-0.15, -0.1) is 0 Å². The van der Waals surface area contributed by atoms with Gasteiger partial charge >= 0.3 is 0 Å². The van der Waals surface area contributed by atoms with Crippen LogP contribution in [0.2, 0.25) is 5.02 Å². The highest BCUT2D eigenvalue weighted by atomic mass is 35.5. The summed E-state index contributed by atoms with van der Waals surface area (Å²) in [5, 5.41) is 64.8. The van der Waals surface area contributed by atoms with Gasteiger partial charge in [-0.3, -0.25) is 4.79 Å². The van der Waals surface area contributed by atoms with E-state index in [0.717, 1.165) is 19.3 Å². The molecule has 1 amide bonds. The fourth-order valence-corrected chi connectivity index (χ4v) is 5.43. The maximum Gasteiger partial charge on any atom is 0.224 e. The molecule has 0 spiro atoms. The van der Waals surface area contributed by atoms with Crippen molar-refractivity contribution < 1.29 is 44.9 Å². The van der Waals surface area contributed by atoms with Crippen molar-refractivity contribution >= 4 is 17.5 Å². The zero-order chi connectivity index (χ0) is 31.6. The first-order valence-electron chi connectivity index (χ1n) is 16.0. The van der Waals surface area contributed by atoms with Crippen molar-refractivity contribution in [1.29, 1.82) is 0 Å². The minimum Gasteiger partial charge on any atom is -0.394 e. The number of rotatable bonds is 22. The second kappa shape index (κ2) is 21.4. The third-order valence-electron chi connectivity index (χ3n) is 8.07. The van der Waals surface area contributed by atoms with Crippen molar-refractivity contribution in [3.63, 3.8) is 0 Å². The van der Waals surface area contributed by atoms with Crippen molar-refractivity contribution in [3.05, 3.63) is 34.9 Å². The number of carbonyl (C=O) groups is 1. The lowest BCUT2D eigenvalue weighted by atomic mass is 9.98. The number of hydrogen-bond acceptors (Lipinski definition) is 9. The number of unbranched alkanes of at least 4 members (excludes halogenated alkanes) is 11. The molecule has 1 aliphatic heterocycles. The van der Waals surface area contributed by atoms with Crippen molar-refractivity contribution in [1.82, 2.24) is 5.32 Å². The lowest BCUT2D eigenvalue weighted by Gasteiger charge is -2.40. The van der Waals surface area contributed by atoms with Gasteiger partial charge in [0.2, 0.25) is 5.91 Å². The van der Waals surface area contributed by atoms with Crippen molar-refractivity contribution in [3.8, 4) is 0 Å². The first kappa shape index (κ1) is 37.8. The molecule has 0 aromatic heterocycles.